The van der Waals surface area contributed by atoms with Crippen LogP contribution in [0, 0.1) is 10.1 Å². The van der Waals surface area contributed by atoms with Gasteiger partial charge in [-0.1, -0.05) is 11.8 Å². The van der Waals surface area contributed by atoms with Crippen LogP contribution in [0.15, 0.2) is 27.8 Å². The van der Waals surface area contributed by atoms with Crippen molar-refractivity contribution in [2.24, 2.45) is 0 Å². The van der Waals surface area contributed by atoms with Gasteiger partial charge in [-0.25, -0.2) is 13.4 Å². The van der Waals surface area contributed by atoms with Crippen LogP contribution in [-0.2, 0) is 14.6 Å². The number of sulfone groups is 1. The Balaban J connectivity index is 1.59. The first kappa shape index (κ1) is 16.7. The van der Waals surface area contributed by atoms with E-state index >= 15 is 0 Å². The second-order valence-corrected chi connectivity index (χ2v) is 8.50. The molecule has 2 aromatic rings. The second kappa shape index (κ2) is 6.40. The summed E-state index contributed by atoms with van der Waals surface area (Å²) in [4.78, 5) is 26.2. The van der Waals surface area contributed by atoms with Gasteiger partial charge in [-0.15, -0.1) is 0 Å². The van der Waals surface area contributed by atoms with Crippen molar-refractivity contribution < 1.29 is 22.6 Å². The van der Waals surface area contributed by atoms with Gasteiger partial charge in [-0.3, -0.25) is 14.9 Å². The smallest absolute Gasteiger partial charge is 0.271 e. The fourth-order valence-corrected chi connectivity index (χ4v) is 4.70. The number of nitro groups is 1. The van der Waals surface area contributed by atoms with Gasteiger partial charge in [0.1, 0.15) is 5.52 Å². The second-order valence-electron chi connectivity index (χ2n) is 5.35. The van der Waals surface area contributed by atoms with Gasteiger partial charge in [0, 0.05) is 18.2 Å². The van der Waals surface area contributed by atoms with Gasteiger partial charge in [-0.2, -0.15) is 0 Å². The van der Waals surface area contributed by atoms with Crippen molar-refractivity contribution >= 4 is 44.3 Å². The Morgan fingerprint density at radius 2 is 2.29 bits per heavy atom. The molecule has 1 amide bonds. The number of hydrogen-bond acceptors (Lipinski definition) is 8. The molecule has 1 atom stereocenters. The first-order valence-corrected chi connectivity index (χ1v) is 9.81. The molecule has 24 heavy (non-hydrogen) atoms. The summed E-state index contributed by atoms with van der Waals surface area (Å²) in [6.45, 7) is 0. The molecule has 1 N–H and O–H groups in total. The molecule has 1 aliphatic heterocycles. The number of nitro benzene ring substituents is 1. The summed E-state index contributed by atoms with van der Waals surface area (Å²) >= 11 is 1.04. The molecule has 1 aliphatic rings. The molecule has 1 unspecified atom stereocenters. The fourth-order valence-electron chi connectivity index (χ4n) is 2.38. The third-order valence-electron chi connectivity index (χ3n) is 3.49. The maximum absolute atomic E-state index is 11.9. The topological polar surface area (TPSA) is 132 Å². The Morgan fingerprint density at radius 3 is 2.96 bits per heavy atom. The zero-order valence-corrected chi connectivity index (χ0v) is 13.9. The molecule has 11 heteroatoms. The van der Waals surface area contributed by atoms with Gasteiger partial charge in [-0.05, 0) is 12.5 Å². The van der Waals surface area contributed by atoms with Crippen LogP contribution >= 0.6 is 11.8 Å². The first-order chi connectivity index (χ1) is 11.3. The number of oxazole rings is 1. The Morgan fingerprint density at radius 1 is 1.50 bits per heavy atom. The predicted molar refractivity (Wildman–Crippen MR) is 86.6 cm³/mol. The van der Waals surface area contributed by atoms with Gasteiger partial charge in [0.15, 0.2) is 15.4 Å². The molecule has 1 aromatic carbocycles. The van der Waals surface area contributed by atoms with Crippen molar-refractivity contribution in [3.05, 3.63) is 28.3 Å². The number of nitrogens with one attached hydrogen (secondary N) is 1. The number of non-ortho nitro benzene ring substituents is 1. The molecule has 1 aromatic heterocycles. The molecule has 0 spiro atoms. The third-order valence-corrected chi connectivity index (χ3v) is 6.08. The summed E-state index contributed by atoms with van der Waals surface area (Å²) in [6, 6.07) is 3.71. The van der Waals surface area contributed by atoms with Gasteiger partial charge in [0.25, 0.3) is 10.9 Å². The van der Waals surface area contributed by atoms with Gasteiger partial charge in [0.2, 0.25) is 5.91 Å². The molecular formula is C13H13N3O6S2. The lowest BCUT2D eigenvalue weighted by Gasteiger charge is -2.09. The number of hydrogen-bond donors (Lipinski definition) is 1. The minimum absolute atomic E-state index is 0.0193. The van der Waals surface area contributed by atoms with Crippen LogP contribution in [0.1, 0.15) is 6.42 Å². The Labute approximate surface area is 140 Å². The Kier molecular flexibility index (Phi) is 4.45. The lowest BCUT2D eigenvalue weighted by atomic mass is 10.3. The normalized spacial score (nSPS) is 19.4. The molecule has 0 bridgehead atoms. The van der Waals surface area contributed by atoms with E-state index in [0.29, 0.717) is 17.5 Å². The van der Waals surface area contributed by atoms with E-state index in [0.717, 1.165) is 11.8 Å². The van der Waals surface area contributed by atoms with Crippen molar-refractivity contribution in [2.45, 2.75) is 17.7 Å². The highest BCUT2D eigenvalue weighted by Gasteiger charge is 2.28. The lowest BCUT2D eigenvalue weighted by Crippen LogP contribution is -2.36. The molecule has 0 aliphatic carbocycles. The quantitative estimate of drug-likeness (QED) is 0.470. The van der Waals surface area contributed by atoms with Crippen LogP contribution in [0.25, 0.3) is 11.1 Å². The van der Waals surface area contributed by atoms with E-state index in [1.165, 1.54) is 18.2 Å². The van der Waals surface area contributed by atoms with Crippen molar-refractivity contribution in [3.63, 3.8) is 0 Å². The summed E-state index contributed by atoms with van der Waals surface area (Å²) in [5, 5.41) is 13.6. The van der Waals surface area contributed by atoms with Crippen molar-refractivity contribution in [2.75, 3.05) is 17.3 Å². The van der Waals surface area contributed by atoms with Gasteiger partial charge >= 0.3 is 0 Å². The number of nitrogens with zero attached hydrogens (tertiary/aromatic N) is 2. The van der Waals surface area contributed by atoms with E-state index in [9.17, 15) is 23.3 Å². The molecule has 9 nitrogen and oxygen atoms in total. The highest BCUT2D eigenvalue weighted by molar-refractivity contribution is 7.99. The summed E-state index contributed by atoms with van der Waals surface area (Å²) in [5.74, 6) is -0.230. The van der Waals surface area contributed by atoms with Crippen molar-refractivity contribution in [3.8, 4) is 0 Å². The van der Waals surface area contributed by atoms with E-state index in [1.807, 2.05) is 0 Å². The van der Waals surface area contributed by atoms with E-state index in [-0.39, 0.29) is 40.1 Å². The Bertz CT molecular complexity index is 908. The van der Waals surface area contributed by atoms with Crippen molar-refractivity contribution in [1.82, 2.24) is 10.3 Å². The van der Waals surface area contributed by atoms with Crippen LogP contribution in [-0.4, -0.2) is 47.5 Å². The number of thioether (sulfide) groups is 1. The van der Waals surface area contributed by atoms with Crippen LogP contribution in [0.5, 0.6) is 0 Å². The number of aromatic nitrogens is 1. The standard InChI is InChI=1S/C13H13N3O6S2/c17-12(14-8-3-4-24(20,21)7-8)6-23-13-15-10-5-9(16(18)19)1-2-11(10)22-13/h1-2,5,8H,3-4,6-7H2,(H,14,17). The summed E-state index contributed by atoms with van der Waals surface area (Å²) < 4.78 is 28.1. The summed E-state index contributed by atoms with van der Waals surface area (Å²) in [6.07, 6.45) is 0.422. The lowest BCUT2D eigenvalue weighted by molar-refractivity contribution is -0.384. The van der Waals surface area contributed by atoms with Crippen LogP contribution in [0.4, 0.5) is 5.69 Å². The Hall–Kier alpha value is -2.14. The van der Waals surface area contributed by atoms with E-state index < -0.39 is 14.8 Å². The number of benzene rings is 1. The predicted octanol–water partition coefficient (Wildman–Crippen LogP) is 1.13. The van der Waals surface area contributed by atoms with Crippen molar-refractivity contribution in [1.29, 1.82) is 0 Å². The third kappa shape index (κ3) is 3.85. The van der Waals surface area contributed by atoms with E-state index in [1.54, 1.807) is 0 Å². The zero-order valence-electron chi connectivity index (χ0n) is 12.3. The molecule has 1 fully saturated rings. The molecule has 128 valence electrons. The van der Waals surface area contributed by atoms with E-state index in [4.69, 9.17) is 4.42 Å². The maximum atomic E-state index is 11.9. The first-order valence-electron chi connectivity index (χ1n) is 7.00. The average Bonchev–Trinajstić information content (AvgIpc) is 3.06. The highest BCUT2D eigenvalue weighted by atomic mass is 32.2. The number of carbonyl (C=O) groups is 1. The van der Waals surface area contributed by atoms with Crippen LogP contribution < -0.4 is 5.32 Å². The molecule has 0 saturated carbocycles. The zero-order chi connectivity index (χ0) is 17.3. The minimum Gasteiger partial charge on any atom is -0.431 e. The highest BCUT2D eigenvalue weighted by Crippen LogP contribution is 2.26. The summed E-state index contributed by atoms with van der Waals surface area (Å²) in [5.41, 5.74) is 0.645. The van der Waals surface area contributed by atoms with Gasteiger partial charge in [0.05, 0.1) is 22.2 Å². The van der Waals surface area contributed by atoms with E-state index in [2.05, 4.69) is 10.3 Å². The molecule has 2 heterocycles. The molecule has 0 radical (unpaired) electrons. The minimum atomic E-state index is -3.04. The maximum Gasteiger partial charge on any atom is 0.271 e. The van der Waals surface area contributed by atoms with Crippen LogP contribution in [0.2, 0.25) is 0 Å². The molecule has 3 rings (SSSR count). The van der Waals surface area contributed by atoms with Gasteiger partial charge < -0.3 is 9.73 Å². The largest absolute Gasteiger partial charge is 0.431 e. The fraction of sp³-hybridized carbons (Fsp3) is 0.385. The molecular weight excluding hydrogens is 358 g/mol. The van der Waals surface area contributed by atoms with Crippen LogP contribution in [0.3, 0.4) is 0 Å². The SMILES string of the molecule is O=C(CSc1nc2cc([N+](=O)[O-])ccc2o1)NC1CCS(=O)(=O)C1. The number of amides is 1. The average molecular weight is 371 g/mol. The number of carbonyl (C=O) groups excluding carboxylic acids is 1. The summed E-state index contributed by atoms with van der Waals surface area (Å²) in [7, 11) is -3.04. The molecule has 1 saturated heterocycles. The monoisotopic (exact) mass is 371 g/mol. The number of fused-ring (bicyclic) bond motifs is 1. The number of rotatable bonds is 5.